The second kappa shape index (κ2) is 5.92. The van der Waals surface area contributed by atoms with E-state index in [0.29, 0.717) is 0 Å². The molecule has 3 aliphatic rings. The van der Waals surface area contributed by atoms with Gasteiger partial charge in [0.1, 0.15) is 0 Å². The molecule has 3 fully saturated rings. The molecule has 0 radical (unpaired) electrons. The molecule has 1 N–H and O–H groups in total. The highest BCUT2D eigenvalue weighted by atomic mass is 15.2. The highest BCUT2D eigenvalue weighted by molar-refractivity contribution is 4.95. The molecular formula is C16H30N2. The van der Waals surface area contributed by atoms with Crippen molar-refractivity contribution in [3.8, 4) is 0 Å². The third kappa shape index (κ3) is 2.91. The Kier molecular flexibility index (Phi) is 4.25. The first kappa shape index (κ1) is 12.9. The van der Waals surface area contributed by atoms with E-state index >= 15 is 0 Å². The second-order valence-corrected chi connectivity index (χ2v) is 6.97. The molecule has 0 spiro atoms. The Labute approximate surface area is 113 Å². The molecular weight excluding hydrogens is 220 g/mol. The van der Waals surface area contributed by atoms with Crippen molar-refractivity contribution in [2.45, 2.75) is 82.3 Å². The van der Waals surface area contributed by atoms with Crippen LogP contribution in [0.4, 0.5) is 0 Å². The Morgan fingerprint density at radius 2 is 1.67 bits per heavy atom. The Hall–Kier alpha value is -0.0800. The number of fused-ring (bicyclic) bond motifs is 2. The van der Waals surface area contributed by atoms with Crippen LogP contribution in [0.1, 0.15) is 64.2 Å². The van der Waals surface area contributed by atoms with E-state index in [-0.39, 0.29) is 0 Å². The standard InChI is InChI=1S/C16H30N2/c1-18-15-8-9-16(18)12-14(11-15)17-10-4-7-13-5-2-3-6-13/h13-17H,2-12H2,1H3. The quantitative estimate of drug-likeness (QED) is 0.754. The van der Waals surface area contributed by atoms with E-state index in [0.717, 1.165) is 24.0 Å². The minimum Gasteiger partial charge on any atom is -0.314 e. The zero-order chi connectivity index (χ0) is 12.4. The van der Waals surface area contributed by atoms with Gasteiger partial charge in [-0.1, -0.05) is 25.7 Å². The highest BCUT2D eigenvalue weighted by Crippen LogP contribution is 2.34. The first-order valence-electron chi connectivity index (χ1n) is 8.28. The third-order valence-electron chi connectivity index (χ3n) is 5.80. The maximum Gasteiger partial charge on any atom is 0.0111 e. The SMILES string of the molecule is CN1C2CCC1CC(NCCCC1CCCC1)C2. The number of piperidine rings is 1. The largest absolute Gasteiger partial charge is 0.314 e. The topological polar surface area (TPSA) is 15.3 Å². The summed E-state index contributed by atoms with van der Waals surface area (Å²) in [5.74, 6) is 1.07. The maximum absolute atomic E-state index is 3.84. The fraction of sp³-hybridized carbons (Fsp3) is 1.00. The minimum absolute atomic E-state index is 0.822. The first-order chi connectivity index (χ1) is 8.83. The Morgan fingerprint density at radius 1 is 1.00 bits per heavy atom. The van der Waals surface area contributed by atoms with Gasteiger partial charge in [0.05, 0.1) is 0 Å². The maximum atomic E-state index is 3.84. The van der Waals surface area contributed by atoms with Gasteiger partial charge in [-0.25, -0.2) is 0 Å². The van der Waals surface area contributed by atoms with Gasteiger partial charge in [-0.3, -0.25) is 0 Å². The Morgan fingerprint density at radius 3 is 2.33 bits per heavy atom. The number of nitrogens with zero attached hydrogens (tertiary/aromatic N) is 1. The van der Waals surface area contributed by atoms with E-state index < -0.39 is 0 Å². The molecule has 2 heterocycles. The summed E-state index contributed by atoms with van der Waals surface area (Å²) in [6, 6.07) is 2.59. The van der Waals surface area contributed by atoms with Crippen molar-refractivity contribution in [3.05, 3.63) is 0 Å². The number of hydrogen-bond donors (Lipinski definition) is 1. The Balaban J connectivity index is 1.32. The Bertz CT molecular complexity index is 246. The second-order valence-electron chi connectivity index (χ2n) is 6.97. The van der Waals surface area contributed by atoms with E-state index in [4.69, 9.17) is 0 Å². The van der Waals surface area contributed by atoms with E-state index in [1.807, 2.05) is 0 Å². The van der Waals surface area contributed by atoms with Gasteiger partial charge in [-0.2, -0.15) is 0 Å². The molecule has 2 heteroatoms. The van der Waals surface area contributed by atoms with Gasteiger partial charge < -0.3 is 10.2 Å². The predicted octanol–water partition coefficient (Wildman–Crippen LogP) is 3.17. The highest BCUT2D eigenvalue weighted by Gasteiger charge is 2.37. The van der Waals surface area contributed by atoms with Crippen molar-refractivity contribution in [2.24, 2.45) is 5.92 Å². The van der Waals surface area contributed by atoms with Crippen LogP contribution in [0.3, 0.4) is 0 Å². The van der Waals surface area contributed by atoms with Crippen LogP contribution in [0.2, 0.25) is 0 Å². The van der Waals surface area contributed by atoms with Crippen molar-refractivity contribution in [1.82, 2.24) is 10.2 Å². The van der Waals surface area contributed by atoms with Crippen molar-refractivity contribution >= 4 is 0 Å². The van der Waals surface area contributed by atoms with Crippen LogP contribution in [0.25, 0.3) is 0 Å². The number of rotatable bonds is 5. The molecule has 2 saturated heterocycles. The summed E-state index contributed by atoms with van der Waals surface area (Å²) in [5, 5.41) is 3.84. The first-order valence-corrected chi connectivity index (χ1v) is 8.28. The predicted molar refractivity (Wildman–Crippen MR) is 76.8 cm³/mol. The summed E-state index contributed by atoms with van der Waals surface area (Å²) in [7, 11) is 2.33. The van der Waals surface area contributed by atoms with Crippen LogP contribution < -0.4 is 5.32 Å². The van der Waals surface area contributed by atoms with Crippen LogP contribution in [0.15, 0.2) is 0 Å². The van der Waals surface area contributed by atoms with E-state index in [1.165, 1.54) is 70.8 Å². The molecule has 1 saturated carbocycles. The average Bonchev–Trinajstić information content (AvgIpc) is 2.93. The lowest BCUT2D eigenvalue weighted by Crippen LogP contribution is -2.47. The van der Waals surface area contributed by atoms with Crippen molar-refractivity contribution in [2.75, 3.05) is 13.6 Å². The zero-order valence-electron chi connectivity index (χ0n) is 12.0. The van der Waals surface area contributed by atoms with Crippen LogP contribution in [-0.2, 0) is 0 Å². The van der Waals surface area contributed by atoms with Crippen molar-refractivity contribution < 1.29 is 0 Å². The summed E-state index contributed by atoms with van der Waals surface area (Å²) in [4.78, 5) is 2.64. The fourth-order valence-electron chi connectivity index (χ4n) is 4.57. The summed E-state index contributed by atoms with van der Waals surface area (Å²) < 4.78 is 0. The molecule has 0 aromatic rings. The van der Waals surface area contributed by atoms with E-state index in [9.17, 15) is 0 Å². The molecule has 0 aromatic heterocycles. The molecule has 0 amide bonds. The molecule has 2 aliphatic heterocycles. The van der Waals surface area contributed by atoms with Gasteiger partial charge in [0, 0.05) is 18.1 Å². The molecule has 2 unspecified atom stereocenters. The lowest BCUT2D eigenvalue weighted by Gasteiger charge is -2.36. The average molecular weight is 250 g/mol. The molecule has 104 valence electrons. The van der Waals surface area contributed by atoms with E-state index in [2.05, 4.69) is 17.3 Å². The third-order valence-corrected chi connectivity index (χ3v) is 5.80. The van der Waals surface area contributed by atoms with Gasteiger partial charge in [0.25, 0.3) is 0 Å². The van der Waals surface area contributed by atoms with Gasteiger partial charge in [-0.15, -0.1) is 0 Å². The zero-order valence-corrected chi connectivity index (χ0v) is 12.0. The normalized spacial score (nSPS) is 37.5. The van der Waals surface area contributed by atoms with Crippen molar-refractivity contribution in [3.63, 3.8) is 0 Å². The number of nitrogens with one attached hydrogen (secondary N) is 1. The summed E-state index contributed by atoms with van der Waals surface area (Å²) >= 11 is 0. The monoisotopic (exact) mass is 250 g/mol. The van der Waals surface area contributed by atoms with Crippen molar-refractivity contribution in [1.29, 1.82) is 0 Å². The minimum atomic E-state index is 0.822. The van der Waals surface area contributed by atoms with Crippen LogP contribution in [0.5, 0.6) is 0 Å². The molecule has 1 aliphatic carbocycles. The molecule has 0 aromatic carbocycles. The lowest BCUT2D eigenvalue weighted by atomic mass is 9.97. The van der Waals surface area contributed by atoms with E-state index in [1.54, 1.807) is 0 Å². The van der Waals surface area contributed by atoms with Gasteiger partial charge in [0.2, 0.25) is 0 Å². The number of hydrogen-bond acceptors (Lipinski definition) is 2. The molecule has 18 heavy (non-hydrogen) atoms. The van der Waals surface area contributed by atoms with Gasteiger partial charge >= 0.3 is 0 Å². The van der Waals surface area contributed by atoms with Gasteiger partial charge in [-0.05, 0) is 58.0 Å². The van der Waals surface area contributed by atoms with Crippen LogP contribution in [0, 0.1) is 5.92 Å². The summed E-state index contributed by atoms with van der Waals surface area (Å²) in [6.07, 6.45) is 14.6. The molecule has 2 nitrogen and oxygen atoms in total. The summed E-state index contributed by atoms with van der Waals surface area (Å²) in [5.41, 5.74) is 0. The summed E-state index contributed by atoms with van der Waals surface area (Å²) in [6.45, 7) is 1.27. The molecule has 2 bridgehead atoms. The fourth-order valence-corrected chi connectivity index (χ4v) is 4.57. The van der Waals surface area contributed by atoms with Gasteiger partial charge in [0.15, 0.2) is 0 Å². The smallest absolute Gasteiger partial charge is 0.0111 e. The lowest BCUT2D eigenvalue weighted by molar-refractivity contribution is 0.148. The molecule has 3 rings (SSSR count). The molecule has 2 atom stereocenters. The van der Waals surface area contributed by atoms with Crippen LogP contribution in [-0.4, -0.2) is 36.6 Å². The van der Waals surface area contributed by atoms with Crippen LogP contribution >= 0.6 is 0 Å².